The van der Waals surface area contributed by atoms with Crippen LogP contribution in [0.25, 0.3) is 0 Å². The average Bonchev–Trinajstić information content (AvgIpc) is 3.42. The van der Waals surface area contributed by atoms with Gasteiger partial charge in [-0.2, -0.15) is 5.10 Å². The second-order valence-corrected chi connectivity index (χ2v) is 5.78. The largest absolute Gasteiger partial charge is 0.351 e. The number of anilines is 1. The standard InChI is InChI=1S/C19H20N4O/c1-14(23(19(20)24)17-10-6-3-7-11-17)21-22-18(16-12-13-16)15-8-4-2-5-9-15/h2-11,16H,12-13H2,1H3,(H2,20,24)/b21-14+,22-18-. The van der Waals surface area contributed by atoms with Crippen LogP contribution in [0.4, 0.5) is 10.5 Å². The number of rotatable bonds is 4. The van der Waals surface area contributed by atoms with Crippen molar-refractivity contribution in [2.24, 2.45) is 21.9 Å². The summed E-state index contributed by atoms with van der Waals surface area (Å²) < 4.78 is 0. The molecule has 1 aliphatic carbocycles. The quantitative estimate of drug-likeness (QED) is 0.519. The normalized spacial score (nSPS) is 15.2. The van der Waals surface area contributed by atoms with Crippen LogP contribution in [0.5, 0.6) is 0 Å². The maximum atomic E-state index is 11.8. The predicted molar refractivity (Wildman–Crippen MR) is 97.3 cm³/mol. The summed E-state index contributed by atoms with van der Waals surface area (Å²) in [6.45, 7) is 1.73. The van der Waals surface area contributed by atoms with Gasteiger partial charge in [-0.25, -0.2) is 9.69 Å². The molecule has 5 nitrogen and oxygen atoms in total. The van der Waals surface area contributed by atoms with E-state index < -0.39 is 6.03 Å². The zero-order chi connectivity index (χ0) is 16.9. The van der Waals surface area contributed by atoms with E-state index in [9.17, 15) is 4.79 Å². The highest BCUT2D eigenvalue weighted by atomic mass is 16.2. The number of urea groups is 1. The zero-order valence-corrected chi connectivity index (χ0v) is 13.6. The number of carbonyl (C=O) groups is 1. The summed E-state index contributed by atoms with van der Waals surface area (Å²) in [5.41, 5.74) is 8.23. The molecule has 0 aromatic heterocycles. The van der Waals surface area contributed by atoms with Crippen LogP contribution in [0.15, 0.2) is 70.9 Å². The molecule has 2 aromatic carbocycles. The van der Waals surface area contributed by atoms with Crippen LogP contribution in [0.2, 0.25) is 0 Å². The van der Waals surface area contributed by atoms with E-state index in [0.29, 0.717) is 17.4 Å². The van der Waals surface area contributed by atoms with Crippen molar-refractivity contribution < 1.29 is 4.79 Å². The maximum Gasteiger partial charge on any atom is 0.324 e. The van der Waals surface area contributed by atoms with Gasteiger partial charge in [-0.15, -0.1) is 5.10 Å². The summed E-state index contributed by atoms with van der Waals surface area (Å²) in [5.74, 6) is 0.894. The lowest BCUT2D eigenvalue weighted by atomic mass is 10.1. The van der Waals surface area contributed by atoms with Gasteiger partial charge < -0.3 is 5.73 Å². The number of primary amides is 1. The van der Waals surface area contributed by atoms with Gasteiger partial charge in [0.25, 0.3) is 0 Å². The second-order valence-electron chi connectivity index (χ2n) is 5.78. The fourth-order valence-corrected chi connectivity index (χ4v) is 2.56. The van der Waals surface area contributed by atoms with Gasteiger partial charge in [-0.05, 0) is 37.5 Å². The van der Waals surface area contributed by atoms with Crippen LogP contribution in [0, 0.1) is 5.92 Å². The molecule has 24 heavy (non-hydrogen) atoms. The van der Waals surface area contributed by atoms with E-state index >= 15 is 0 Å². The van der Waals surface area contributed by atoms with Crippen molar-refractivity contribution in [1.29, 1.82) is 0 Å². The number of hydrogen-bond acceptors (Lipinski definition) is 3. The Morgan fingerprint density at radius 3 is 2.12 bits per heavy atom. The molecule has 122 valence electrons. The molecule has 1 fully saturated rings. The number of hydrogen-bond donors (Lipinski definition) is 1. The van der Waals surface area contributed by atoms with Crippen LogP contribution >= 0.6 is 0 Å². The van der Waals surface area contributed by atoms with Crippen molar-refractivity contribution in [3.8, 4) is 0 Å². The third-order valence-corrected chi connectivity index (χ3v) is 3.89. The summed E-state index contributed by atoms with van der Waals surface area (Å²) in [4.78, 5) is 13.2. The van der Waals surface area contributed by atoms with E-state index in [4.69, 9.17) is 5.73 Å². The number of nitrogens with zero attached hydrogens (tertiary/aromatic N) is 3. The van der Waals surface area contributed by atoms with Gasteiger partial charge in [0.05, 0.1) is 11.4 Å². The minimum atomic E-state index is -0.578. The van der Waals surface area contributed by atoms with E-state index in [-0.39, 0.29) is 0 Å². The zero-order valence-electron chi connectivity index (χ0n) is 13.6. The second kappa shape index (κ2) is 7.08. The molecule has 0 radical (unpaired) electrons. The summed E-state index contributed by atoms with van der Waals surface area (Å²) in [6.07, 6.45) is 2.25. The lowest BCUT2D eigenvalue weighted by Gasteiger charge is -2.19. The van der Waals surface area contributed by atoms with Crippen LogP contribution in [0.3, 0.4) is 0 Å². The Balaban J connectivity index is 1.91. The first kappa shape index (κ1) is 15.9. The Hall–Kier alpha value is -2.95. The Morgan fingerprint density at radius 2 is 1.58 bits per heavy atom. The highest BCUT2D eigenvalue weighted by Crippen LogP contribution is 2.33. The van der Waals surface area contributed by atoms with Crippen molar-refractivity contribution in [2.75, 3.05) is 4.90 Å². The molecule has 1 saturated carbocycles. The Kier molecular flexibility index (Phi) is 4.70. The van der Waals surface area contributed by atoms with Gasteiger partial charge in [-0.1, -0.05) is 48.5 Å². The third kappa shape index (κ3) is 3.68. The third-order valence-electron chi connectivity index (χ3n) is 3.89. The number of benzene rings is 2. The van der Waals surface area contributed by atoms with Crippen LogP contribution in [-0.4, -0.2) is 17.6 Å². The molecule has 2 N–H and O–H groups in total. The maximum absolute atomic E-state index is 11.8. The van der Waals surface area contributed by atoms with Crippen molar-refractivity contribution in [3.05, 3.63) is 66.2 Å². The number of para-hydroxylation sites is 1. The summed E-state index contributed by atoms with van der Waals surface area (Å²) in [7, 11) is 0. The Labute approximate surface area is 141 Å². The molecule has 2 amide bonds. The van der Waals surface area contributed by atoms with Gasteiger partial charge in [0.1, 0.15) is 5.84 Å². The number of amides is 2. The molecule has 0 spiro atoms. The molecular formula is C19H20N4O. The average molecular weight is 320 g/mol. The van der Waals surface area contributed by atoms with Gasteiger partial charge in [0, 0.05) is 5.92 Å². The van der Waals surface area contributed by atoms with Crippen molar-refractivity contribution in [3.63, 3.8) is 0 Å². The molecule has 0 atom stereocenters. The van der Waals surface area contributed by atoms with Gasteiger partial charge in [0.15, 0.2) is 0 Å². The lowest BCUT2D eigenvalue weighted by molar-refractivity contribution is 0.256. The first-order valence-corrected chi connectivity index (χ1v) is 7.99. The minimum Gasteiger partial charge on any atom is -0.351 e. The van der Waals surface area contributed by atoms with Gasteiger partial charge in [-0.3, -0.25) is 0 Å². The van der Waals surface area contributed by atoms with Crippen LogP contribution in [-0.2, 0) is 0 Å². The summed E-state index contributed by atoms with van der Waals surface area (Å²) in [6, 6.07) is 18.6. The fraction of sp³-hybridized carbons (Fsp3) is 0.211. The SMILES string of the molecule is C/C(=N\N=C(\c1ccccc1)C1CC1)N(C(N)=O)c1ccccc1. The van der Waals surface area contributed by atoms with E-state index in [1.165, 1.54) is 4.90 Å². The van der Waals surface area contributed by atoms with Gasteiger partial charge >= 0.3 is 6.03 Å². The van der Waals surface area contributed by atoms with E-state index in [0.717, 1.165) is 24.1 Å². The van der Waals surface area contributed by atoms with Crippen molar-refractivity contribution >= 4 is 23.3 Å². The lowest BCUT2D eigenvalue weighted by Crippen LogP contribution is -2.39. The first-order valence-electron chi connectivity index (χ1n) is 7.99. The molecule has 3 rings (SSSR count). The molecule has 2 aromatic rings. The molecule has 0 bridgehead atoms. The molecule has 5 heteroatoms. The van der Waals surface area contributed by atoms with E-state index in [1.807, 2.05) is 60.7 Å². The highest BCUT2D eigenvalue weighted by Gasteiger charge is 2.28. The fourth-order valence-electron chi connectivity index (χ4n) is 2.56. The first-order chi connectivity index (χ1) is 11.7. The Bertz CT molecular complexity index is 764. The number of amidine groups is 1. The number of nitrogens with two attached hydrogens (primary N) is 1. The molecule has 0 saturated heterocycles. The molecule has 1 aliphatic rings. The topological polar surface area (TPSA) is 71.1 Å². The monoisotopic (exact) mass is 320 g/mol. The van der Waals surface area contributed by atoms with Crippen LogP contribution in [0.1, 0.15) is 25.3 Å². The molecule has 0 heterocycles. The number of carbonyl (C=O) groups excluding carboxylic acids is 1. The molecule has 0 unspecified atom stereocenters. The minimum absolute atomic E-state index is 0.447. The van der Waals surface area contributed by atoms with Gasteiger partial charge in [0.2, 0.25) is 0 Å². The van der Waals surface area contributed by atoms with E-state index in [2.05, 4.69) is 10.2 Å². The smallest absolute Gasteiger partial charge is 0.324 e. The van der Waals surface area contributed by atoms with Crippen molar-refractivity contribution in [2.45, 2.75) is 19.8 Å². The Morgan fingerprint density at radius 1 is 1.00 bits per heavy atom. The summed E-state index contributed by atoms with van der Waals surface area (Å²) in [5, 5.41) is 8.73. The highest BCUT2D eigenvalue weighted by molar-refractivity contribution is 6.15. The summed E-state index contributed by atoms with van der Waals surface area (Å²) >= 11 is 0. The molecule has 0 aliphatic heterocycles. The van der Waals surface area contributed by atoms with Crippen molar-refractivity contribution in [1.82, 2.24) is 0 Å². The van der Waals surface area contributed by atoms with Crippen LogP contribution < -0.4 is 10.6 Å². The molecular weight excluding hydrogens is 300 g/mol. The van der Waals surface area contributed by atoms with E-state index in [1.54, 1.807) is 6.92 Å². The predicted octanol–water partition coefficient (Wildman–Crippen LogP) is 3.80.